The molecule has 1 aromatic carbocycles. The molecule has 0 unspecified atom stereocenters. The number of aryl methyl sites for hydroxylation is 1. The lowest BCUT2D eigenvalue weighted by Gasteiger charge is -2.06. The van der Waals surface area contributed by atoms with Gasteiger partial charge >= 0.3 is 0 Å². The van der Waals surface area contributed by atoms with Crippen molar-refractivity contribution < 1.29 is 9.21 Å². The standard InChI is InChI=1S/C21H21N3O2/c1-23-19(21(25)22-12-15-5-4-10-26-15)11-18-20(23)16-6-2-3-7-17(16)24(18)13-14-8-9-14/h2-7,10-11,14H,8-9,12-13H2,1H3,(H,22,25). The van der Waals surface area contributed by atoms with Crippen molar-refractivity contribution in [3.8, 4) is 0 Å². The first-order valence-corrected chi connectivity index (χ1v) is 9.09. The Kier molecular flexibility index (Phi) is 3.42. The maximum Gasteiger partial charge on any atom is 0.268 e. The Morgan fingerprint density at radius 2 is 2.04 bits per heavy atom. The fourth-order valence-electron chi connectivity index (χ4n) is 3.79. The van der Waals surface area contributed by atoms with Crippen LogP contribution in [0.2, 0.25) is 0 Å². The summed E-state index contributed by atoms with van der Waals surface area (Å²) in [6.45, 7) is 1.42. The minimum Gasteiger partial charge on any atom is -0.467 e. The molecule has 1 N–H and O–H groups in total. The van der Waals surface area contributed by atoms with E-state index in [2.05, 4.69) is 34.1 Å². The summed E-state index contributed by atoms with van der Waals surface area (Å²) in [5.41, 5.74) is 4.20. The third kappa shape index (κ3) is 2.43. The second-order valence-electron chi connectivity index (χ2n) is 7.16. The molecule has 3 aromatic heterocycles. The van der Waals surface area contributed by atoms with Gasteiger partial charge in [0.2, 0.25) is 0 Å². The summed E-state index contributed by atoms with van der Waals surface area (Å²) in [6.07, 6.45) is 4.22. The minimum atomic E-state index is -0.0813. The van der Waals surface area contributed by atoms with E-state index >= 15 is 0 Å². The molecule has 4 aromatic rings. The molecule has 26 heavy (non-hydrogen) atoms. The van der Waals surface area contributed by atoms with Crippen molar-refractivity contribution in [2.75, 3.05) is 0 Å². The quantitative estimate of drug-likeness (QED) is 0.592. The van der Waals surface area contributed by atoms with Gasteiger partial charge in [0, 0.05) is 19.0 Å². The number of hydrogen-bond acceptors (Lipinski definition) is 2. The highest BCUT2D eigenvalue weighted by Crippen LogP contribution is 2.36. The maximum absolute atomic E-state index is 12.7. The van der Waals surface area contributed by atoms with E-state index in [1.54, 1.807) is 6.26 Å². The van der Waals surface area contributed by atoms with Crippen LogP contribution in [-0.4, -0.2) is 15.0 Å². The molecule has 5 nitrogen and oxygen atoms in total. The zero-order chi connectivity index (χ0) is 17.7. The smallest absolute Gasteiger partial charge is 0.268 e. The van der Waals surface area contributed by atoms with Gasteiger partial charge in [-0.2, -0.15) is 0 Å². The fourth-order valence-corrected chi connectivity index (χ4v) is 3.79. The van der Waals surface area contributed by atoms with Crippen molar-refractivity contribution in [2.45, 2.75) is 25.9 Å². The van der Waals surface area contributed by atoms with Crippen molar-refractivity contribution in [1.29, 1.82) is 0 Å². The molecule has 1 amide bonds. The number of nitrogens with one attached hydrogen (secondary N) is 1. The average Bonchev–Trinajstić information content (AvgIpc) is 3.07. The summed E-state index contributed by atoms with van der Waals surface area (Å²) in [5.74, 6) is 1.44. The number of para-hydroxylation sites is 1. The molecule has 3 heterocycles. The van der Waals surface area contributed by atoms with Crippen LogP contribution in [-0.2, 0) is 20.1 Å². The maximum atomic E-state index is 12.7. The number of carbonyl (C=O) groups is 1. The SMILES string of the molecule is Cn1c(C(=O)NCc2ccco2)cc2c1c1ccccc1n2CC1CC1. The van der Waals surface area contributed by atoms with Crippen LogP contribution in [0.4, 0.5) is 0 Å². The molecule has 0 radical (unpaired) electrons. The van der Waals surface area contributed by atoms with E-state index in [0.29, 0.717) is 12.2 Å². The van der Waals surface area contributed by atoms with Crippen molar-refractivity contribution in [3.63, 3.8) is 0 Å². The highest BCUT2D eigenvalue weighted by molar-refractivity contribution is 6.10. The lowest BCUT2D eigenvalue weighted by Crippen LogP contribution is -2.24. The van der Waals surface area contributed by atoms with Crippen LogP contribution in [0, 0.1) is 5.92 Å². The number of amides is 1. The molecule has 5 heteroatoms. The molecule has 0 bridgehead atoms. The Bertz CT molecular complexity index is 1100. The number of hydrogen-bond donors (Lipinski definition) is 1. The van der Waals surface area contributed by atoms with Crippen molar-refractivity contribution in [2.24, 2.45) is 13.0 Å². The zero-order valence-corrected chi connectivity index (χ0v) is 14.7. The van der Waals surface area contributed by atoms with Crippen LogP contribution in [0.5, 0.6) is 0 Å². The molecule has 0 spiro atoms. The molecule has 1 aliphatic rings. The van der Waals surface area contributed by atoms with Crippen LogP contribution < -0.4 is 5.32 Å². The number of aromatic nitrogens is 2. The number of rotatable bonds is 5. The van der Waals surface area contributed by atoms with E-state index in [1.807, 2.05) is 29.8 Å². The normalized spacial score (nSPS) is 14.3. The first kappa shape index (κ1) is 15.3. The number of carbonyl (C=O) groups excluding carboxylic acids is 1. The Morgan fingerprint density at radius 1 is 1.19 bits per heavy atom. The molecule has 1 saturated carbocycles. The molecule has 0 atom stereocenters. The van der Waals surface area contributed by atoms with Crippen molar-refractivity contribution >= 4 is 27.8 Å². The molecular weight excluding hydrogens is 326 g/mol. The number of nitrogens with zero attached hydrogens (tertiary/aromatic N) is 2. The second-order valence-corrected chi connectivity index (χ2v) is 7.16. The van der Waals surface area contributed by atoms with E-state index in [4.69, 9.17) is 4.42 Å². The minimum absolute atomic E-state index is 0.0813. The highest BCUT2D eigenvalue weighted by atomic mass is 16.3. The van der Waals surface area contributed by atoms with Gasteiger partial charge in [-0.1, -0.05) is 18.2 Å². The Balaban J connectivity index is 1.56. The summed E-state index contributed by atoms with van der Waals surface area (Å²) in [7, 11) is 1.97. The van der Waals surface area contributed by atoms with Crippen LogP contribution in [0.3, 0.4) is 0 Å². The number of benzene rings is 1. The van der Waals surface area contributed by atoms with Gasteiger partial charge < -0.3 is 18.9 Å². The first-order chi connectivity index (χ1) is 12.7. The number of furan rings is 1. The van der Waals surface area contributed by atoms with Crippen molar-refractivity contribution in [1.82, 2.24) is 14.5 Å². The Morgan fingerprint density at radius 3 is 2.81 bits per heavy atom. The Hall–Kier alpha value is -2.95. The molecule has 1 aliphatic carbocycles. The van der Waals surface area contributed by atoms with Gasteiger partial charge in [0.15, 0.2) is 0 Å². The molecule has 0 saturated heterocycles. The van der Waals surface area contributed by atoms with Crippen LogP contribution >= 0.6 is 0 Å². The number of fused-ring (bicyclic) bond motifs is 3. The fraction of sp³-hybridized carbons (Fsp3) is 0.286. The Labute approximate surface area is 151 Å². The van der Waals surface area contributed by atoms with Gasteiger partial charge in [-0.05, 0) is 43.0 Å². The van der Waals surface area contributed by atoms with E-state index in [-0.39, 0.29) is 5.91 Å². The third-order valence-corrected chi connectivity index (χ3v) is 5.33. The lowest BCUT2D eigenvalue weighted by atomic mass is 10.2. The van der Waals surface area contributed by atoms with Crippen LogP contribution in [0.25, 0.3) is 21.9 Å². The molecule has 0 aliphatic heterocycles. The summed E-state index contributed by atoms with van der Waals surface area (Å²) in [6, 6.07) is 14.2. The first-order valence-electron chi connectivity index (χ1n) is 9.09. The molecule has 132 valence electrons. The van der Waals surface area contributed by atoms with Crippen molar-refractivity contribution in [3.05, 3.63) is 60.2 Å². The largest absolute Gasteiger partial charge is 0.467 e. The topological polar surface area (TPSA) is 52.1 Å². The van der Waals surface area contributed by atoms with Crippen LogP contribution in [0.1, 0.15) is 29.1 Å². The molecule has 1 fully saturated rings. The van der Waals surface area contributed by atoms with E-state index in [1.165, 1.54) is 23.7 Å². The summed E-state index contributed by atoms with van der Waals surface area (Å²) >= 11 is 0. The summed E-state index contributed by atoms with van der Waals surface area (Å²) in [4.78, 5) is 12.7. The summed E-state index contributed by atoms with van der Waals surface area (Å²) in [5, 5.41) is 4.16. The van der Waals surface area contributed by atoms with E-state index in [9.17, 15) is 4.79 Å². The zero-order valence-electron chi connectivity index (χ0n) is 14.7. The van der Waals surface area contributed by atoms with Gasteiger partial charge in [0.05, 0.1) is 29.4 Å². The van der Waals surface area contributed by atoms with Gasteiger partial charge in [-0.25, -0.2) is 0 Å². The van der Waals surface area contributed by atoms with Gasteiger partial charge in [0.25, 0.3) is 5.91 Å². The lowest BCUT2D eigenvalue weighted by molar-refractivity contribution is 0.0940. The third-order valence-electron chi connectivity index (χ3n) is 5.33. The predicted molar refractivity (Wildman–Crippen MR) is 101 cm³/mol. The van der Waals surface area contributed by atoms with Gasteiger partial charge in [-0.3, -0.25) is 4.79 Å². The van der Waals surface area contributed by atoms with E-state index < -0.39 is 0 Å². The predicted octanol–water partition coefficient (Wildman–Crippen LogP) is 4.07. The van der Waals surface area contributed by atoms with Gasteiger partial charge in [0.1, 0.15) is 11.5 Å². The highest BCUT2D eigenvalue weighted by Gasteiger charge is 2.26. The van der Waals surface area contributed by atoms with Gasteiger partial charge in [-0.15, -0.1) is 0 Å². The molecule has 5 rings (SSSR count). The second kappa shape index (κ2) is 5.80. The average molecular weight is 347 g/mol. The monoisotopic (exact) mass is 347 g/mol. The summed E-state index contributed by atoms with van der Waals surface area (Å²) < 4.78 is 9.69. The molecular formula is C21H21N3O2. The van der Waals surface area contributed by atoms with E-state index in [0.717, 1.165) is 29.3 Å². The van der Waals surface area contributed by atoms with Crippen LogP contribution in [0.15, 0.2) is 53.1 Å².